The Balaban J connectivity index is 1.63. The van der Waals surface area contributed by atoms with E-state index in [0.717, 1.165) is 21.7 Å². The highest BCUT2D eigenvalue weighted by atomic mass is 16.5. The molecule has 0 saturated carbocycles. The molecule has 1 aromatic heterocycles. The second-order valence-electron chi connectivity index (χ2n) is 6.10. The largest absolute Gasteiger partial charge is 0.458 e. The molecule has 0 aliphatic rings. The quantitative estimate of drug-likeness (QED) is 0.230. The van der Waals surface area contributed by atoms with Crippen molar-refractivity contribution in [2.24, 2.45) is 0 Å². The Morgan fingerprint density at radius 3 is 2.59 bits per heavy atom. The van der Waals surface area contributed by atoms with Crippen molar-refractivity contribution in [2.45, 2.75) is 6.61 Å². The maximum Gasteiger partial charge on any atom is 0.336 e. The van der Waals surface area contributed by atoms with Crippen LogP contribution in [0.2, 0.25) is 0 Å². The second-order valence-corrected chi connectivity index (χ2v) is 6.10. The molecule has 4 nitrogen and oxygen atoms in total. The maximum atomic E-state index is 12.1. The van der Waals surface area contributed by atoms with Crippen LogP contribution in [0.3, 0.4) is 0 Å². The lowest BCUT2D eigenvalue weighted by atomic mass is 10.0. The van der Waals surface area contributed by atoms with Crippen LogP contribution < -0.4 is 5.63 Å². The molecular formula is C23H16O4. The average molecular weight is 356 g/mol. The molecule has 1 heterocycles. The average Bonchev–Trinajstić information content (AvgIpc) is 2.70. The summed E-state index contributed by atoms with van der Waals surface area (Å²) in [5, 5.41) is 2.76. The van der Waals surface area contributed by atoms with Crippen LogP contribution >= 0.6 is 0 Å². The Morgan fingerprint density at radius 2 is 1.74 bits per heavy atom. The fourth-order valence-electron chi connectivity index (χ4n) is 3.06. The van der Waals surface area contributed by atoms with Gasteiger partial charge in [-0.1, -0.05) is 60.7 Å². The van der Waals surface area contributed by atoms with E-state index in [2.05, 4.69) is 0 Å². The SMILES string of the molecule is O=C(/C=C/c1ccccc1)OCc1cc(=O)oc2ccc3ccccc3c12. The first-order valence-corrected chi connectivity index (χ1v) is 8.55. The van der Waals surface area contributed by atoms with Crippen molar-refractivity contribution < 1.29 is 13.9 Å². The second kappa shape index (κ2) is 7.30. The van der Waals surface area contributed by atoms with Gasteiger partial charge in [0, 0.05) is 23.1 Å². The third-order valence-corrected chi connectivity index (χ3v) is 4.30. The van der Waals surface area contributed by atoms with Crippen molar-refractivity contribution in [3.8, 4) is 0 Å². The third-order valence-electron chi connectivity index (χ3n) is 4.30. The number of hydrogen-bond acceptors (Lipinski definition) is 4. The number of esters is 1. The van der Waals surface area contributed by atoms with Gasteiger partial charge in [0.1, 0.15) is 12.2 Å². The minimum atomic E-state index is -0.472. The lowest BCUT2D eigenvalue weighted by Crippen LogP contribution is -2.06. The molecular weight excluding hydrogens is 340 g/mol. The lowest BCUT2D eigenvalue weighted by Gasteiger charge is -2.08. The van der Waals surface area contributed by atoms with E-state index < -0.39 is 11.6 Å². The first kappa shape index (κ1) is 16.8. The van der Waals surface area contributed by atoms with Gasteiger partial charge in [0.25, 0.3) is 0 Å². The monoisotopic (exact) mass is 356 g/mol. The molecule has 0 aliphatic carbocycles. The van der Waals surface area contributed by atoms with Gasteiger partial charge in [-0.05, 0) is 28.5 Å². The number of ether oxygens (including phenoxy) is 1. The van der Waals surface area contributed by atoms with E-state index in [9.17, 15) is 9.59 Å². The summed E-state index contributed by atoms with van der Waals surface area (Å²) in [6.45, 7) is -0.00588. The first-order valence-electron chi connectivity index (χ1n) is 8.55. The van der Waals surface area contributed by atoms with E-state index in [0.29, 0.717) is 11.1 Å². The molecule has 4 aromatic rings. The van der Waals surface area contributed by atoms with Gasteiger partial charge in [-0.3, -0.25) is 0 Å². The van der Waals surface area contributed by atoms with E-state index in [-0.39, 0.29) is 6.61 Å². The Hall–Kier alpha value is -3.66. The number of benzene rings is 3. The smallest absolute Gasteiger partial charge is 0.336 e. The van der Waals surface area contributed by atoms with Crippen LogP contribution in [0.15, 0.2) is 88.1 Å². The van der Waals surface area contributed by atoms with Crippen molar-refractivity contribution in [2.75, 3.05) is 0 Å². The van der Waals surface area contributed by atoms with Crippen LogP contribution in [0.5, 0.6) is 0 Å². The van der Waals surface area contributed by atoms with E-state index in [1.807, 2.05) is 60.7 Å². The van der Waals surface area contributed by atoms with Crippen molar-refractivity contribution in [1.82, 2.24) is 0 Å². The van der Waals surface area contributed by atoms with E-state index in [1.54, 1.807) is 12.1 Å². The molecule has 4 heteroatoms. The molecule has 132 valence electrons. The van der Waals surface area contributed by atoms with Crippen LogP contribution in [0.4, 0.5) is 0 Å². The fourth-order valence-corrected chi connectivity index (χ4v) is 3.06. The fraction of sp³-hybridized carbons (Fsp3) is 0.0435. The topological polar surface area (TPSA) is 56.5 Å². The first-order chi connectivity index (χ1) is 13.2. The summed E-state index contributed by atoms with van der Waals surface area (Å²) in [6.07, 6.45) is 3.07. The van der Waals surface area contributed by atoms with Crippen molar-refractivity contribution >= 4 is 33.8 Å². The number of rotatable bonds is 4. The number of carbonyl (C=O) groups is 1. The molecule has 0 saturated heterocycles. The molecule has 0 aliphatic heterocycles. The molecule has 0 bridgehead atoms. The van der Waals surface area contributed by atoms with E-state index in [4.69, 9.17) is 9.15 Å². The van der Waals surface area contributed by atoms with Gasteiger partial charge in [0.05, 0.1) is 0 Å². The van der Waals surface area contributed by atoms with Gasteiger partial charge in [0.15, 0.2) is 0 Å². The highest BCUT2D eigenvalue weighted by Crippen LogP contribution is 2.27. The third kappa shape index (κ3) is 3.65. The number of carbonyl (C=O) groups excluding carboxylic acids is 1. The van der Waals surface area contributed by atoms with Gasteiger partial charge in [-0.25, -0.2) is 9.59 Å². The summed E-state index contributed by atoms with van der Waals surface area (Å²) in [5.74, 6) is -0.472. The van der Waals surface area contributed by atoms with Crippen molar-refractivity contribution in [3.63, 3.8) is 0 Å². The van der Waals surface area contributed by atoms with Crippen molar-refractivity contribution in [3.05, 3.63) is 100 Å². The van der Waals surface area contributed by atoms with Gasteiger partial charge in [-0.2, -0.15) is 0 Å². The van der Waals surface area contributed by atoms with E-state index >= 15 is 0 Å². The molecule has 27 heavy (non-hydrogen) atoms. The summed E-state index contributed by atoms with van der Waals surface area (Å²) >= 11 is 0. The predicted molar refractivity (Wildman–Crippen MR) is 105 cm³/mol. The Bertz CT molecular complexity index is 1200. The zero-order chi connectivity index (χ0) is 18.6. The molecule has 0 spiro atoms. The summed E-state index contributed by atoms with van der Waals surface area (Å²) < 4.78 is 10.7. The van der Waals surface area contributed by atoms with Crippen LogP contribution in [0.25, 0.3) is 27.8 Å². The molecule has 0 N–H and O–H groups in total. The number of fused-ring (bicyclic) bond motifs is 3. The summed E-state index contributed by atoms with van der Waals surface area (Å²) in [5.41, 5.74) is 1.54. The summed E-state index contributed by atoms with van der Waals surface area (Å²) in [6, 6.07) is 22.3. The normalized spacial score (nSPS) is 11.3. The van der Waals surface area contributed by atoms with Gasteiger partial charge >= 0.3 is 11.6 Å². The van der Waals surface area contributed by atoms with E-state index in [1.165, 1.54) is 12.1 Å². The number of hydrogen-bond donors (Lipinski definition) is 0. The Morgan fingerprint density at radius 1 is 0.963 bits per heavy atom. The zero-order valence-electron chi connectivity index (χ0n) is 14.4. The molecule has 0 radical (unpaired) electrons. The van der Waals surface area contributed by atoms with Crippen LogP contribution in [0.1, 0.15) is 11.1 Å². The van der Waals surface area contributed by atoms with Gasteiger partial charge in [0.2, 0.25) is 0 Å². The predicted octanol–water partition coefficient (Wildman–Crippen LogP) is 4.70. The lowest BCUT2D eigenvalue weighted by molar-refractivity contribution is -0.138. The zero-order valence-corrected chi connectivity index (χ0v) is 14.4. The van der Waals surface area contributed by atoms with Crippen LogP contribution in [0, 0.1) is 0 Å². The molecule has 3 aromatic carbocycles. The minimum Gasteiger partial charge on any atom is -0.458 e. The standard InChI is InChI=1S/C23H16O4/c24-21(13-10-16-6-2-1-3-7-16)26-15-18-14-22(25)27-20-12-11-17-8-4-5-9-19(17)23(18)20/h1-14H,15H2/b13-10+. The molecule has 0 fully saturated rings. The minimum absolute atomic E-state index is 0.00588. The molecule has 0 amide bonds. The molecule has 4 rings (SSSR count). The highest BCUT2D eigenvalue weighted by molar-refractivity contribution is 6.07. The van der Waals surface area contributed by atoms with Gasteiger partial charge < -0.3 is 9.15 Å². The Labute approximate surface area is 155 Å². The van der Waals surface area contributed by atoms with Gasteiger partial charge in [-0.15, -0.1) is 0 Å². The Kier molecular flexibility index (Phi) is 4.54. The van der Waals surface area contributed by atoms with Crippen molar-refractivity contribution in [1.29, 1.82) is 0 Å². The highest BCUT2D eigenvalue weighted by Gasteiger charge is 2.11. The summed E-state index contributed by atoms with van der Waals surface area (Å²) in [4.78, 5) is 23.9. The molecule has 0 atom stereocenters. The van der Waals surface area contributed by atoms with Crippen LogP contribution in [-0.2, 0) is 16.1 Å². The molecule has 0 unspecified atom stereocenters. The maximum absolute atomic E-state index is 12.1. The van der Waals surface area contributed by atoms with Crippen LogP contribution in [-0.4, -0.2) is 5.97 Å². The summed E-state index contributed by atoms with van der Waals surface area (Å²) in [7, 11) is 0.